The lowest BCUT2D eigenvalue weighted by Crippen LogP contribution is -2.38. The van der Waals surface area contributed by atoms with Crippen molar-refractivity contribution in [3.8, 4) is 0 Å². The summed E-state index contributed by atoms with van der Waals surface area (Å²) < 4.78 is 0. The molecule has 1 heterocycles. The summed E-state index contributed by atoms with van der Waals surface area (Å²) in [5, 5.41) is 6.43. The molecule has 0 saturated carbocycles. The van der Waals surface area contributed by atoms with E-state index in [0.29, 0.717) is 23.3 Å². The summed E-state index contributed by atoms with van der Waals surface area (Å²) in [6.07, 6.45) is 2.78. The Morgan fingerprint density at radius 2 is 2.16 bits per heavy atom. The van der Waals surface area contributed by atoms with Gasteiger partial charge in [-0.05, 0) is 19.6 Å². The van der Waals surface area contributed by atoms with Gasteiger partial charge in [0.15, 0.2) is 5.16 Å². The predicted octanol–water partition coefficient (Wildman–Crippen LogP) is 0.811. The van der Waals surface area contributed by atoms with Crippen LogP contribution < -0.4 is 21.9 Å². The molecule has 0 aliphatic rings. The van der Waals surface area contributed by atoms with Crippen molar-refractivity contribution in [2.24, 2.45) is 5.84 Å². The standard InChI is InChI=1S/C11H20N6OS/c1-4-5-13-10(18)7(2)14-8-6-9(17-12)16-11(15-8)19-3/h6-7H,4-5,12H2,1-3H3,(H,13,18)(H2,14,15,16,17). The van der Waals surface area contributed by atoms with E-state index < -0.39 is 0 Å². The van der Waals surface area contributed by atoms with E-state index in [4.69, 9.17) is 5.84 Å². The second-order valence-corrected chi connectivity index (χ2v) is 4.70. The van der Waals surface area contributed by atoms with Crippen LogP contribution in [0.1, 0.15) is 20.3 Å². The minimum Gasteiger partial charge on any atom is -0.358 e. The summed E-state index contributed by atoms with van der Waals surface area (Å²) >= 11 is 1.40. The number of nitrogens with zero attached hydrogens (tertiary/aromatic N) is 2. The van der Waals surface area contributed by atoms with Crippen molar-refractivity contribution in [3.05, 3.63) is 6.07 Å². The van der Waals surface area contributed by atoms with Gasteiger partial charge in [-0.25, -0.2) is 15.8 Å². The van der Waals surface area contributed by atoms with Crippen molar-refractivity contribution in [3.63, 3.8) is 0 Å². The van der Waals surface area contributed by atoms with E-state index in [1.807, 2.05) is 13.2 Å². The summed E-state index contributed by atoms with van der Waals surface area (Å²) in [5.74, 6) is 6.34. The van der Waals surface area contributed by atoms with Crippen molar-refractivity contribution >= 4 is 29.3 Å². The molecule has 5 N–H and O–H groups in total. The van der Waals surface area contributed by atoms with E-state index in [2.05, 4.69) is 26.0 Å². The Hall–Kier alpha value is -1.54. The maximum atomic E-state index is 11.8. The summed E-state index contributed by atoms with van der Waals surface area (Å²) in [4.78, 5) is 20.2. The zero-order chi connectivity index (χ0) is 14.3. The topological polar surface area (TPSA) is 105 Å². The maximum absolute atomic E-state index is 11.8. The number of rotatable bonds is 7. The van der Waals surface area contributed by atoms with Crippen molar-refractivity contribution in [1.82, 2.24) is 15.3 Å². The number of thioether (sulfide) groups is 1. The quantitative estimate of drug-likeness (QED) is 0.254. The molecule has 0 saturated heterocycles. The van der Waals surface area contributed by atoms with Crippen LogP contribution in [0.4, 0.5) is 11.6 Å². The molecule has 0 aromatic carbocycles. The number of carbonyl (C=O) groups is 1. The molecule has 0 spiro atoms. The molecule has 19 heavy (non-hydrogen) atoms. The lowest BCUT2D eigenvalue weighted by atomic mass is 10.3. The second-order valence-electron chi connectivity index (χ2n) is 3.93. The van der Waals surface area contributed by atoms with Crippen molar-refractivity contribution < 1.29 is 4.79 Å². The van der Waals surface area contributed by atoms with Crippen LogP contribution in [0.2, 0.25) is 0 Å². The van der Waals surface area contributed by atoms with E-state index in [0.717, 1.165) is 6.42 Å². The fraction of sp³-hybridized carbons (Fsp3) is 0.545. The van der Waals surface area contributed by atoms with Gasteiger partial charge in [0, 0.05) is 12.6 Å². The maximum Gasteiger partial charge on any atom is 0.242 e. The highest BCUT2D eigenvalue weighted by Gasteiger charge is 2.13. The Balaban J connectivity index is 2.72. The molecule has 1 aromatic heterocycles. The van der Waals surface area contributed by atoms with Crippen LogP contribution in [-0.2, 0) is 4.79 Å². The predicted molar refractivity (Wildman–Crippen MR) is 78.0 cm³/mol. The van der Waals surface area contributed by atoms with Crippen LogP contribution in [0.15, 0.2) is 11.2 Å². The SMILES string of the molecule is CCCNC(=O)C(C)Nc1cc(NN)nc(SC)n1. The molecule has 0 aliphatic carbocycles. The first-order chi connectivity index (χ1) is 9.10. The highest BCUT2D eigenvalue weighted by molar-refractivity contribution is 7.98. The Morgan fingerprint density at radius 3 is 2.74 bits per heavy atom. The molecule has 0 radical (unpaired) electrons. The smallest absolute Gasteiger partial charge is 0.242 e. The molecule has 8 heteroatoms. The van der Waals surface area contributed by atoms with E-state index in [1.54, 1.807) is 13.0 Å². The molecule has 0 bridgehead atoms. The van der Waals surface area contributed by atoms with Crippen LogP contribution in [-0.4, -0.2) is 34.7 Å². The lowest BCUT2D eigenvalue weighted by Gasteiger charge is -2.15. The van der Waals surface area contributed by atoms with Crippen LogP contribution in [0.5, 0.6) is 0 Å². The van der Waals surface area contributed by atoms with Gasteiger partial charge >= 0.3 is 0 Å². The van der Waals surface area contributed by atoms with Gasteiger partial charge in [0.05, 0.1) is 0 Å². The zero-order valence-electron chi connectivity index (χ0n) is 11.4. The highest BCUT2D eigenvalue weighted by atomic mass is 32.2. The van der Waals surface area contributed by atoms with Gasteiger partial charge < -0.3 is 16.1 Å². The fourth-order valence-corrected chi connectivity index (χ4v) is 1.73. The van der Waals surface area contributed by atoms with Crippen LogP contribution in [0, 0.1) is 0 Å². The van der Waals surface area contributed by atoms with Gasteiger partial charge in [0.2, 0.25) is 5.91 Å². The van der Waals surface area contributed by atoms with Gasteiger partial charge in [-0.15, -0.1) is 0 Å². The van der Waals surface area contributed by atoms with Crippen LogP contribution in [0.3, 0.4) is 0 Å². The Labute approximate surface area is 117 Å². The van der Waals surface area contributed by atoms with E-state index in [-0.39, 0.29) is 11.9 Å². The van der Waals surface area contributed by atoms with E-state index in [1.165, 1.54) is 11.8 Å². The second kappa shape index (κ2) is 7.80. The number of hydrogen-bond acceptors (Lipinski definition) is 7. The molecule has 1 rings (SSSR count). The summed E-state index contributed by atoms with van der Waals surface area (Å²) in [5.41, 5.74) is 2.47. The first-order valence-electron chi connectivity index (χ1n) is 6.04. The van der Waals surface area contributed by atoms with Crippen LogP contribution in [0.25, 0.3) is 0 Å². The van der Waals surface area contributed by atoms with E-state index >= 15 is 0 Å². The molecule has 7 nitrogen and oxygen atoms in total. The van der Waals surface area contributed by atoms with Gasteiger partial charge in [-0.2, -0.15) is 0 Å². The van der Waals surface area contributed by atoms with Gasteiger partial charge in [-0.3, -0.25) is 4.79 Å². The monoisotopic (exact) mass is 284 g/mol. The number of hydrazine groups is 1. The Kier molecular flexibility index (Phi) is 6.37. The molecule has 0 aliphatic heterocycles. The number of nitrogens with one attached hydrogen (secondary N) is 3. The average molecular weight is 284 g/mol. The third kappa shape index (κ3) is 4.92. The van der Waals surface area contributed by atoms with Crippen molar-refractivity contribution in [2.45, 2.75) is 31.5 Å². The fourth-order valence-electron chi connectivity index (χ4n) is 1.35. The first-order valence-corrected chi connectivity index (χ1v) is 7.27. The van der Waals surface area contributed by atoms with Crippen molar-refractivity contribution in [2.75, 3.05) is 23.5 Å². The van der Waals surface area contributed by atoms with Gasteiger partial charge in [0.25, 0.3) is 0 Å². The van der Waals surface area contributed by atoms with Gasteiger partial charge in [0.1, 0.15) is 17.7 Å². The van der Waals surface area contributed by atoms with Gasteiger partial charge in [-0.1, -0.05) is 18.7 Å². The summed E-state index contributed by atoms with van der Waals surface area (Å²) in [7, 11) is 0. The average Bonchev–Trinajstić information content (AvgIpc) is 2.43. The molecule has 1 unspecified atom stereocenters. The molecular weight excluding hydrogens is 264 g/mol. The minimum atomic E-state index is -0.373. The first kappa shape index (κ1) is 15.5. The number of nitrogens with two attached hydrogens (primary N) is 1. The summed E-state index contributed by atoms with van der Waals surface area (Å²) in [6.45, 7) is 4.45. The molecule has 1 amide bonds. The highest BCUT2D eigenvalue weighted by Crippen LogP contribution is 2.17. The van der Waals surface area contributed by atoms with Crippen LogP contribution >= 0.6 is 11.8 Å². The number of nitrogen functional groups attached to an aromatic ring is 1. The normalized spacial score (nSPS) is 11.8. The zero-order valence-corrected chi connectivity index (χ0v) is 12.2. The number of anilines is 2. The molecule has 1 atom stereocenters. The largest absolute Gasteiger partial charge is 0.358 e. The minimum absolute atomic E-state index is 0.0616. The number of amides is 1. The third-order valence-corrected chi connectivity index (χ3v) is 2.89. The lowest BCUT2D eigenvalue weighted by molar-refractivity contribution is -0.121. The van der Waals surface area contributed by atoms with E-state index in [9.17, 15) is 4.79 Å². The van der Waals surface area contributed by atoms with Crippen molar-refractivity contribution in [1.29, 1.82) is 0 Å². The summed E-state index contributed by atoms with van der Waals surface area (Å²) in [6, 6.07) is 1.28. The molecule has 1 aromatic rings. The number of aromatic nitrogens is 2. The number of hydrogen-bond donors (Lipinski definition) is 4. The molecule has 106 valence electrons. The number of carbonyl (C=O) groups excluding carboxylic acids is 1. The molecular formula is C11H20N6OS. The Bertz CT molecular complexity index is 405. The third-order valence-electron chi connectivity index (χ3n) is 2.34. The molecule has 0 fully saturated rings. The Morgan fingerprint density at radius 1 is 1.47 bits per heavy atom.